The molecule has 1 aliphatic heterocycles. The van der Waals surface area contributed by atoms with Crippen molar-refractivity contribution in [3.05, 3.63) is 64.1 Å². The molecule has 2 amide bonds. The molecule has 3 aromatic rings. The molecular weight excluding hydrogens is 400 g/mol. The van der Waals surface area contributed by atoms with Gasteiger partial charge >= 0.3 is 12.0 Å². The quantitative estimate of drug-likeness (QED) is 0.598. The number of likely N-dealkylation sites (tertiary alicyclic amines) is 1. The first-order valence-electron chi connectivity index (χ1n) is 10.0. The minimum atomic E-state index is -0.379. The first-order chi connectivity index (χ1) is 14.6. The third-order valence-corrected chi connectivity index (χ3v) is 6.01. The van der Waals surface area contributed by atoms with Crippen LogP contribution in [0.4, 0.5) is 10.5 Å². The average Bonchev–Trinajstić information content (AvgIpc) is 3.49. The second-order valence-electron chi connectivity index (χ2n) is 7.16. The van der Waals surface area contributed by atoms with Crippen LogP contribution in [0.25, 0.3) is 5.69 Å². The van der Waals surface area contributed by atoms with Crippen LogP contribution in [0.1, 0.15) is 47.4 Å². The number of amides is 2. The molecule has 3 heterocycles. The van der Waals surface area contributed by atoms with Gasteiger partial charge in [0, 0.05) is 12.2 Å². The molecule has 1 N–H and O–H groups in total. The lowest BCUT2D eigenvalue weighted by molar-refractivity contribution is 0.0525. The van der Waals surface area contributed by atoms with E-state index >= 15 is 0 Å². The summed E-state index contributed by atoms with van der Waals surface area (Å²) in [4.78, 5) is 26.7. The van der Waals surface area contributed by atoms with Crippen molar-refractivity contribution in [3.8, 4) is 5.69 Å². The third kappa shape index (κ3) is 3.95. The summed E-state index contributed by atoms with van der Waals surface area (Å²) >= 11 is 1.66. The Morgan fingerprint density at radius 3 is 2.77 bits per heavy atom. The Hall–Kier alpha value is -3.13. The summed E-state index contributed by atoms with van der Waals surface area (Å²) in [5, 5.41) is 11.5. The number of esters is 1. The summed E-state index contributed by atoms with van der Waals surface area (Å²) in [6.07, 6.45) is 3.51. The molecule has 0 saturated carbocycles. The van der Waals surface area contributed by atoms with E-state index in [9.17, 15) is 9.59 Å². The van der Waals surface area contributed by atoms with Crippen molar-refractivity contribution in [2.24, 2.45) is 0 Å². The molecule has 0 unspecified atom stereocenters. The molecule has 1 aromatic carbocycles. The van der Waals surface area contributed by atoms with Gasteiger partial charge in [0.2, 0.25) is 0 Å². The highest BCUT2D eigenvalue weighted by atomic mass is 32.1. The lowest BCUT2D eigenvalue weighted by Crippen LogP contribution is -2.34. The molecule has 1 atom stereocenters. The van der Waals surface area contributed by atoms with Crippen molar-refractivity contribution in [2.75, 3.05) is 18.5 Å². The van der Waals surface area contributed by atoms with E-state index in [1.807, 2.05) is 41.5 Å². The standard InChI is InChI=1S/C22H24N4O3S/c1-3-29-21(27)19-13-23-26(15(19)2)18-8-6-17(7-9-18)24-22(28)25-11-4-5-20(25)16-10-12-30-14-16/h6-10,12-14,20H,3-5,11H2,1-2H3,(H,24,28)/t20-/m0/s1. The van der Waals surface area contributed by atoms with Crippen molar-refractivity contribution in [2.45, 2.75) is 32.7 Å². The summed E-state index contributed by atoms with van der Waals surface area (Å²) in [5.41, 5.74) is 3.88. The number of carbonyl (C=O) groups excluding carboxylic acids is 2. The molecule has 1 aliphatic rings. The highest BCUT2D eigenvalue weighted by molar-refractivity contribution is 7.08. The third-order valence-electron chi connectivity index (χ3n) is 5.31. The summed E-state index contributed by atoms with van der Waals surface area (Å²) < 4.78 is 6.75. The van der Waals surface area contributed by atoms with E-state index in [2.05, 4.69) is 21.9 Å². The molecule has 30 heavy (non-hydrogen) atoms. The van der Waals surface area contributed by atoms with Crippen LogP contribution in [-0.4, -0.2) is 39.8 Å². The van der Waals surface area contributed by atoms with Gasteiger partial charge in [0.25, 0.3) is 0 Å². The number of nitrogens with zero attached hydrogens (tertiary/aromatic N) is 3. The minimum Gasteiger partial charge on any atom is -0.462 e. The second-order valence-corrected chi connectivity index (χ2v) is 7.94. The van der Waals surface area contributed by atoms with Gasteiger partial charge in [-0.3, -0.25) is 0 Å². The van der Waals surface area contributed by atoms with Crippen molar-refractivity contribution < 1.29 is 14.3 Å². The lowest BCUT2D eigenvalue weighted by atomic mass is 10.1. The Balaban J connectivity index is 1.45. The maximum Gasteiger partial charge on any atom is 0.341 e. The van der Waals surface area contributed by atoms with E-state index in [-0.39, 0.29) is 18.0 Å². The number of thiophene rings is 1. The summed E-state index contributed by atoms with van der Waals surface area (Å²) in [5.74, 6) is -0.379. The highest BCUT2D eigenvalue weighted by Crippen LogP contribution is 2.33. The van der Waals surface area contributed by atoms with Crippen LogP contribution in [0.15, 0.2) is 47.3 Å². The zero-order valence-electron chi connectivity index (χ0n) is 17.0. The molecule has 0 radical (unpaired) electrons. The molecule has 156 valence electrons. The van der Waals surface area contributed by atoms with Gasteiger partial charge in [0.05, 0.1) is 30.2 Å². The molecule has 8 heteroatoms. The van der Waals surface area contributed by atoms with Gasteiger partial charge in [-0.1, -0.05) is 0 Å². The second kappa shape index (κ2) is 8.71. The van der Waals surface area contributed by atoms with Crippen LogP contribution in [0.3, 0.4) is 0 Å². The van der Waals surface area contributed by atoms with E-state index in [4.69, 9.17) is 4.74 Å². The number of aromatic nitrogens is 2. The fraction of sp³-hybridized carbons (Fsp3) is 0.318. The first-order valence-corrected chi connectivity index (χ1v) is 10.9. The number of anilines is 1. The zero-order chi connectivity index (χ0) is 21.1. The van der Waals surface area contributed by atoms with E-state index in [1.165, 1.54) is 11.8 Å². The number of nitrogens with one attached hydrogen (secondary N) is 1. The van der Waals surface area contributed by atoms with Crippen LogP contribution < -0.4 is 5.32 Å². The van der Waals surface area contributed by atoms with Crippen LogP contribution in [0.2, 0.25) is 0 Å². The lowest BCUT2D eigenvalue weighted by Gasteiger charge is -2.24. The van der Waals surface area contributed by atoms with Gasteiger partial charge in [0.1, 0.15) is 5.56 Å². The predicted octanol–water partition coefficient (Wildman–Crippen LogP) is 4.79. The van der Waals surface area contributed by atoms with E-state index in [1.54, 1.807) is 22.9 Å². The molecular formula is C22H24N4O3S. The van der Waals surface area contributed by atoms with Gasteiger partial charge in [-0.25, -0.2) is 14.3 Å². The Bertz CT molecular complexity index is 1030. The molecule has 0 bridgehead atoms. The number of hydrogen-bond donors (Lipinski definition) is 1. The summed E-state index contributed by atoms with van der Waals surface area (Å²) in [7, 11) is 0. The molecule has 0 aliphatic carbocycles. The number of benzene rings is 1. The topological polar surface area (TPSA) is 76.5 Å². The maximum atomic E-state index is 12.8. The summed E-state index contributed by atoms with van der Waals surface area (Å²) in [6, 6.07) is 9.56. The molecule has 4 rings (SSSR count). The van der Waals surface area contributed by atoms with Crippen molar-refractivity contribution in [1.82, 2.24) is 14.7 Å². The van der Waals surface area contributed by atoms with Gasteiger partial charge in [-0.05, 0) is 73.3 Å². The van der Waals surface area contributed by atoms with Crippen LogP contribution in [0.5, 0.6) is 0 Å². The van der Waals surface area contributed by atoms with Gasteiger partial charge in [-0.2, -0.15) is 16.4 Å². The fourth-order valence-corrected chi connectivity index (χ4v) is 4.49. The van der Waals surface area contributed by atoms with Crippen LogP contribution in [0, 0.1) is 6.92 Å². The van der Waals surface area contributed by atoms with E-state index < -0.39 is 0 Å². The smallest absolute Gasteiger partial charge is 0.341 e. The van der Waals surface area contributed by atoms with E-state index in [0.717, 1.165) is 30.8 Å². The van der Waals surface area contributed by atoms with Crippen molar-refractivity contribution >= 4 is 29.0 Å². The number of carbonyl (C=O) groups is 2. The molecule has 7 nitrogen and oxygen atoms in total. The Morgan fingerprint density at radius 2 is 2.07 bits per heavy atom. The number of hydrogen-bond acceptors (Lipinski definition) is 5. The van der Waals surface area contributed by atoms with Crippen molar-refractivity contribution in [1.29, 1.82) is 0 Å². The van der Waals surface area contributed by atoms with E-state index in [0.29, 0.717) is 17.9 Å². The van der Waals surface area contributed by atoms with Crippen LogP contribution >= 0.6 is 11.3 Å². The Morgan fingerprint density at radius 1 is 1.27 bits per heavy atom. The Labute approximate surface area is 179 Å². The first kappa shape index (κ1) is 20.2. The maximum absolute atomic E-state index is 12.8. The largest absolute Gasteiger partial charge is 0.462 e. The summed E-state index contributed by atoms with van der Waals surface area (Å²) in [6.45, 7) is 4.68. The number of urea groups is 1. The minimum absolute atomic E-state index is 0.0867. The average molecular weight is 425 g/mol. The molecule has 1 fully saturated rings. The van der Waals surface area contributed by atoms with Gasteiger partial charge in [-0.15, -0.1) is 0 Å². The number of rotatable bonds is 5. The van der Waals surface area contributed by atoms with Gasteiger partial charge < -0.3 is 15.0 Å². The molecule has 1 saturated heterocycles. The van der Waals surface area contributed by atoms with Crippen LogP contribution in [-0.2, 0) is 4.74 Å². The fourth-order valence-electron chi connectivity index (χ4n) is 3.78. The monoisotopic (exact) mass is 424 g/mol. The molecule has 0 spiro atoms. The number of ether oxygens (including phenoxy) is 1. The normalized spacial score (nSPS) is 15.9. The SMILES string of the molecule is CCOC(=O)c1cnn(-c2ccc(NC(=O)N3CCC[C@H]3c3ccsc3)cc2)c1C. The predicted molar refractivity (Wildman–Crippen MR) is 116 cm³/mol. The van der Waals surface area contributed by atoms with Crippen molar-refractivity contribution in [3.63, 3.8) is 0 Å². The van der Waals surface area contributed by atoms with Gasteiger partial charge in [0.15, 0.2) is 0 Å². The molecule has 2 aromatic heterocycles. The highest BCUT2D eigenvalue weighted by Gasteiger charge is 2.30. The zero-order valence-corrected chi connectivity index (χ0v) is 17.8. The Kier molecular flexibility index (Phi) is 5.85.